The number of thioether (sulfide) groups is 2. The first kappa shape index (κ1) is 39.6. The van der Waals surface area contributed by atoms with Crippen LogP contribution in [0, 0.1) is 0 Å². The molecule has 0 fully saturated rings. The Morgan fingerprint density at radius 2 is 1.07 bits per heavy atom. The van der Waals surface area contributed by atoms with Crippen LogP contribution in [-0.2, 0) is 38.0 Å². The Morgan fingerprint density at radius 1 is 0.589 bits per heavy atom. The highest BCUT2D eigenvalue weighted by Crippen LogP contribution is 2.25. The van der Waals surface area contributed by atoms with Crippen LogP contribution < -0.4 is 10.6 Å². The molecule has 6 aromatic rings. The molecule has 2 amide bonds. The van der Waals surface area contributed by atoms with E-state index in [0.717, 1.165) is 10.5 Å². The van der Waals surface area contributed by atoms with Crippen LogP contribution in [0.3, 0.4) is 0 Å². The van der Waals surface area contributed by atoms with Crippen molar-refractivity contribution in [1.82, 2.24) is 15.6 Å². The maximum atomic E-state index is 13.6. The number of oxazole rings is 1. The van der Waals surface area contributed by atoms with Crippen molar-refractivity contribution in [2.24, 2.45) is 0 Å². The van der Waals surface area contributed by atoms with E-state index in [2.05, 4.69) is 15.6 Å². The van der Waals surface area contributed by atoms with E-state index in [-0.39, 0.29) is 42.1 Å². The molecule has 2 N–H and O–H groups in total. The van der Waals surface area contributed by atoms with Gasteiger partial charge in [-0.25, -0.2) is 14.6 Å². The summed E-state index contributed by atoms with van der Waals surface area (Å²) < 4.78 is 17.6. The van der Waals surface area contributed by atoms with E-state index in [9.17, 15) is 19.2 Å². The Balaban J connectivity index is 1.16. The van der Waals surface area contributed by atoms with Crippen molar-refractivity contribution < 1.29 is 33.1 Å². The van der Waals surface area contributed by atoms with Crippen LogP contribution in [0.5, 0.6) is 0 Å². The monoisotopic (exact) mass is 785 g/mol. The van der Waals surface area contributed by atoms with E-state index >= 15 is 0 Å². The zero-order valence-electron chi connectivity index (χ0n) is 30.2. The number of nitrogens with zero attached hydrogens (tertiary/aromatic N) is 1. The minimum atomic E-state index is -1.00. The molecule has 0 spiro atoms. The van der Waals surface area contributed by atoms with Crippen molar-refractivity contribution >= 4 is 47.3 Å². The lowest BCUT2D eigenvalue weighted by Crippen LogP contribution is -2.43. The van der Waals surface area contributed by atoms with Gasteiger partial charge in [-0.3, -0.25) is 9.59 Å². The summed E-state index contributed by atoms with van der Waals surface area (Å²) in [6, 6.07) is 43.7. The number of rotatable bonds is 18. The van der Waals surface area contributed by atoms with Crippen molar-refractivity contribution in [3.8, 4) is 11.5 Å². The average Bonchev–Trinajstić information content (AvgIpc) is 3.67. The van der Waals surface area contributed by atoms with Crippen LogP contribution in [0.1, 0.15) is 37.7 Å². The van der Waals surface area contributed by atoms with Gasteiger partial charge in [-0.1, -0.05) is 103 Å². The summed E-state index contributed by atoms with van der Waals surface area (Å²) in [6.45, 7) is -0.665. The van der Waals surface area contributed by atoms with E-state index in [4.69, 9.17) is 13.9 Å². The highest BCUT2D eigenvalue weighted by Gasteiger charge is 2.27. The van der Waals surface area contributed by atoms with Gasteiger partial charge in [0.25, 0.3) is 11.8 Å². The molecule has 0 radical (unpaired) electrons. The second kappa shape index (κ2) is 20.5. The molecule has 10 nitrogen and oxygen atoms in total. The van der Waals surface area contributed by atoms with E-state index in [0.29, 0.717) is 22.4 Å². The summed E-state index contributed by atoms with van der Waals surface area (Å²) in [5, 5.41) is 5.63. The maximum absolute atomic E-state index is 13.6. The normalized spacial score (nSPS) is 11.9. The number of hydrogen-bond donors (Lipinski definition) is 2. The second-order valence-electron chi connectivity index (χ2n) is 12.4. The minimum absolute atomic E-state index is 0.165. The van der Waals surface area contributed by atoms with Crippen LogP contribution in [0.25, 0.3) is 11.5 Å². The van der Waals surface area contributed by atoms with Gasteiger partial charge in [0.1, 0.15) is 24.4 Å². The fourth-order valence-electron chi connectivity index (χ4n) is 5.36. The smallest absolute Gasteiger partial charge is 0.329 e. The predicted molar refractivity (Wildman–Crippen MR) is 217 cm³/mol. The molecular formula is C44H39N3O7S2. The van der Waals surface area contributed by atoms with Crippen molar-refractivity contribution in [2.45, 2.75) is 35.9 Å². The molecular weight excluding hydrogens is 747 g/mol. The van der Waals surface area contributed by atoms with Crippen molar-refractivity contribution in [2.75, 3.05) is 11.5 Å². The van der Waals surface area contributed by atoms with Crippen LogP contribution >= 0.6 is 23.5 Å². The zero-order valence-corrected chi connectivity index (χ0v) is 31.9. The van der Waals surface area contributed by atoms with Crippen LogP contribution in [0.15, 0.2) is 161 Å². The van der Waals surface area contributed by atoms with Crippen molar-refractivity contribution in [3.05, 3.63) is 180 Å². The van der Waals surface area contributed by atoms with Gasteiger partial charge in [-0.05, 0) is 54.1 Å². The molecule has 5 aromatic carbocycles. The molecule has 1 heterocycles. The molecule has 0 bridgehead atoms. The second-order valence-corrected chi connectivity index (χ2v) is 14.5. The first-order valence-electron chi connectivity index (χ1n) is 17.8. The number of esters is 2. The molecule has 284 valence electrons. The number of ether oxygens (including phenoxy) is 2. The number of carbonyl (C=O) groups excluding carboxylic acids is 4. The van der Waals surface area contributed by atoms with E-state index in [1.54, 1.807) is 60.7 Å². The van der Waals surface area contributed by atoms with Crippen molar-refractivity contribution in [1.29, 1.82) is 0 Å². The fraction of sp³-hybridized carbons (Fsp3) is 0.159. The summed E-state index contributed by atoms with van der Waals surface area (Å²) in [6.07, 6.45) is 0. The summed E-state index contributed by atoms with van der Waals surface area (Å²) in [7, 11) is 0. The maximum Gasteiger partial charge on any atom is 0.329 e. The molecule has 0 saturated heterocycles. The Morgan fingerprint density at radius 3 is 1.64 bits per heavy atom. The lowest BCUT2D eigenvalue weighted by molar-refractivity contribution is -0.148. The largest absolute Gasteiger partial charge is 0.457 e. The summed E-state index contributed by atoms with van der Waals surface area (Å²) in [5.74, 6) is -0.690. The first-order valence-corrected chi connectivity index (χ1v) is 20.0. The third-order valence-electron chi connectivity index (χ3n) is 8.30. The zero-order chi connectivity index (χ0) is 39.0. The SMILES string of the molecule is O=C(N[C@@H](CSCc1ccccc1)C(=O)OCc1oc(-c2ccccc2)nc1COC(=O)[C@H](CSc1ccccc1)NC(=O)c1ccccc1)c1ccccc1. The van der Waals surface area contributed by atoms with Gasteiger partial charge in [0, 0.05) is 38.8 Å². The van der Waals surface area contributed by atoms with Gasteiger partial charge in [-0.15, -0.1) is 11.8 Å². The minimum Gasteiger partial charge on any atom is -0.457 e. The third-order valence-corrected chi connectivity index (χ3v) is 10.5. The Hall–Kier alpha value is -6.11. The van der Waals surface area contributed by atoms with Gasteiger partial charge in [-0.2, -0.15) is 11.8 Å². The number of nitrogens with one attached hydrogen (secondary N) is 2. The van der Waals surface area contributed by atoms with E-state index in [1.807, 2.05) is 91.0 Å². The predicted octanol–water partition coefficient (Wildman–Crippen LogP) is 7.75. The molecule has 0 aliphatic carbocycles. The summed E-state index contributed by atoms with van der Waals surface area (Å²) in [4.78, 5) is 59.0. The van der Waals surface area contributed by atoms with Gasteiger partial charge in [0.15, 0.2) is 12.4 Å². The molecule has 0 saturated carbocycles. The fourth-order valence-corrected chi connectivity index (χ4v) is 7.28. The average molecular weight is 786 g/mol. The lowest BCUT2D eigenvalue weighted by Gasteiger charge is -2.18. The molecule has 1 aromatic heterocycles. The van der Waals surface area contributed by atoms with Gasteiger partial charge in [0.05, 0.1) is 0 Å². The molecule has 6 rings (SSSR count). The molecule has 56 heavy (non-hydrogen) atoms. The lowest BCUT2D eigenvalue weighted by atomic mass is 10.2. The van der Waals surface area contributed by atoms with Crippen LogP contribution in [0.4, 0.5) is 0 Å². The topological polar surface area (TPSA) is 137 Å². The standard InChI is InChI=1S/C44H39N3O7S2/c48-40(32-18-8-2-9-19-32)45-37(29-55-28-31-16-6-1-7-17-31)43(50)53-27-39-36(47-42(54-39)34-22-12-4-13-23-34)26-52-44(51)38(30-56-35-24-14-5-15-25-35)46-41(49)33-20-10-3-11-21-33/h1-25,37-38H,26-30H2,(H,45,48)(H,46,49)/t37-,38-/m0/s1. The summed E-state index contributed by atoms with van der Waals surface area (Å²) in [5.41, 5.74) is 2.78. The van der Waals surface area contributed by atoms with E-state index < -0.39 is 35.8 Å². The third kappa shape index (κ3) is 11.7. The van der Waals surface area contributed by atoms with Crippen LogP contribution in [-0.4, -0.2) is 52.3 Å². The Kier molecular flexibility index (Phi) is 14.5. The van der Waals surface area contributed by atoms with Crippen molar-refractivity contribution in [3.63, 3.8) is 0 Å². The molecule has 12 heteroatoms. The first-order chi connectivity index (χ1) is 27.4. The highest BCUT2D eigenvalue weighted by atomic mass is 32.2. The van der Waals surface area contributed by atoms with E-state index in [1.165, 1.54) is 23.5 Å². The van der Waals surface area contributed by atoms with Gasteiger partial charge < -0.3 is 24.5 Å². The van der Waals surface area contributed by atoms with Gasteiger partial charge >= 0.3 is 11.9 Å². The quantitative estimate of drug-likeness (QED) is 0.0658. The summed E-state index contributed by atoms with van der Waals surface area (Å²) >= 11 is 2.89. The highest BCUT2D eigenvalue weighted by molar-refractivity contribution is 7.99. The number of benzene rings is 5. The Labute approximate surface area is 333 Å². The molecule has 0 aliphatic rings. The Bertz CT molecular complexity index is 2170. The molecule has 2 atom stereocenters. The number of aromatic nitrogens is 1. The molecule has 0 aliphatic heterocycles. The van der Waals surface area contributed by atoms with Crippen LogP contribution in [0.2, 0.25) is 0 Å². The molecule has 0 unspecified atom stereocenters. The number of carbonyl (C=O) groups is 4. The number of amides is 2. The van der Waals surface area contributed by atoms with Gasteiger partial charge in [0.2, 0.25) is 5.89 Å². The number of hydrogen-bond acceptors (Lipinski definition) is 10.